The summed E-state index contributed by atoms with van der Waals surface area (Å²) in [6.45, 7) is 0.882. The van der Waals surface area contributed by atoms with Gasteiger partial charge in [0, 0.05) is 12.8 Å². The van der Waals surface area contributed by atoms with Gasteiger partial charge in [-0.3, -0.25) is 19.2 Å². The van der Waals surface area contributed by atoms with E-state index < -0.39 is 17.9 Å². The van der Waals surface area contributed by atoms with Crippen LogP contribution in [0.5, 0.6) is 0 Å². The Kier molecular flexibility index (Phi) is 18.2. The van der Waals surface area contributed by atoms with Gasteiger partial charge in [-0.2, -0.15) is 0 Å². The van der Waals surface area contributed by atoms with Gasteiger partial charge in [0.15, 0.2) is 0 Å². The van der Waals surface area contributed by atoms with Crippen molar-refractivity contribution in [2.24, 2.45) is 0 Å². The van der Waals surface area contributed by atoms with E-state index in [9.17, 15) is 24.0 Å². The number of hydrogen-bond donors (Lipinski definition) is 3. The highest BCUT2D eigenvalue weighted by Crippen LogP contribution is 2.08. The molecule has 0 bridgehead atoms. The van der Waals surface area contributed by atoms with Crippen molar-refractivity contribution in [3.8, 4) is 0 Å². The minimum Gasteiger partial charge on any atom is -0.481 e. The summed E-state index contributed by atoms with van der Waals surface area (Å²) in [7, 11) is 0. The number of carbonyl (C=O) groups excluding carboxylic acids is 2. The predicted molar refractivity (Wildman–Crippen MR) is 118 cm³/mol. The smallest absolute Gasteiger partial charge is 0.371 e. The first-order valence-corrected chi connectivity index (χ1v) is 11.2. The second kappa shape index (κ2) is 20.3. The molecule has 1 aromatic rings. The lowest BCUT2D eigenvalue weighted by atomic mass is 10.1. The lowest BCUT2D eigenvalue weighted by Gasteiger charge is -2.08. The van der Waals surface area contributed by atoms with Gasteiger partial charge in [0.25, 0.3) is 0 Å². The molecule has 1 aromatic heterocycles. The molecule has 0 spiro atoms. The maximum Gasteiger partial charge on any atom is 0.371 e. The van der Waals surface area contributed by atoms with Gasteiger partial charge in [-0.05, 0) is 37.8 Å². The van der Waals surface area contributed by atoms with Gasteiger partial charge in [-0.15, -0.1) is 0 Å². The van der Waals surface area contributed by atoms with Gasteiger partial charge in [0.2, 0.25) is 5.76 Å². The largest absolute Gasteiger partial charge is 0.481 e. The molecule has 192 valence electrons. The lowest BCUT2D eigenvalue weighted by molar-refractivity contribution is -0.152. The number of furan rings is 1. The van der Waals surface area contributed by atoms with Crippen molar-refractivity contribution in [3.63, 3.8) is 0 Å². The van der Waals surface area contributed by atoms with E-state index in [0.717, 1.165) is 51.4 Å². The third-order valence-electron chi connectivity index (χ3n) is 4.36. The summed E-state index contributed by atoms with van der Waals surface area (Å²) in [5, 5.41) is 24.9. The number of cyclic esters (lactones) is 2. The molecule has 0 aliphatic carbocycles. The summed E-state index contributed by atoms with van der Waals surface area (Å²) in [6, 6.07) is 2.92. The number of carboxylic acids is 3. The van der Waals surface area contributed by atoms with Crippen LogP contribution in [-0.4, -0.2) is 58.4 Å². The normalized spacial score (nSPS) is 13.6. The molecular formula is C23H34O11. The van der Waals surface area contributed by atoms with Gasteiger partial charge in [0.1, 0.15) is 0 Å². The first-order chi connectivity index (χ1) is 16.2. The van der Waals surface area contributed by atoms with Crippen LogP contribution in [0.4, 0.5) is 0 Å². The Morgan fingerprint density at radius 3 is 1.50 bits per heavy atom. The van der Waals surface area contributed by atoms with Crippen LogP contribution in [0.2, 0.25) is 0 Å². The van der Waals surface area contributed by atoms with Crippen molar-refractivity contribution in [1.82, 2.24) is 0 Å². The summed E-state index contributed by atoms with van der Waals surface area (Å²) in [6.07, 6.45) is 8.95. The zero-order valence-corrected chi connectivity index (χ0v) is 19.2. The van der Waals surface area contributed by atoms with E-state index in [2.05, 4.69) is 4.42 Å². The van der Waals surface area contributed by atoms with Crippen molar-refractivity contribution >= 4 is 29.8 Å². The molecule has 1 aliphatic heterocycles. The molecule has 3 N–H and O–H groups in total. The van der Waals surface area contributed by atoms with Crippen LogP contribution in [0.1, 0.15) is 87.6 Å². The second-order valence-corrected chi connectivity index (χ2v) is 7.34. The van der Waals surface area contributed by atoms with Crippen LogP contribution in [0.3, 0.4) is 0 Å². The van der Waals surface area contributed by atoms with Gasteiger partial charge in [-0.1, -0.05) is 25.7 Å². The number of carboxylic acid groups (broad SMARTS) is 3. The number of esters is 2. The lowest BCUT2D eigenvalue weighted by Crippen LogP contribution is -2.14. The monoisotopic (exact) mass is 486 g/mol. The highest BCUT2D eigenvalue weighted by Gasteiger charge is 2.10. The molecule has 1 aliphatic rings. The van der Waals surface area contributed by atoms with E-state index in [1.165, 1.54) is 18.4 Å². The Labute approximate surface area is 198 Å². The van der Waals surface area contributed by atoms with E-state index in [1.807, 2.05) is 0 Å². The van der Waals surface area contributed by atoms with E-state index in [-0.39, 0.29) is 43.4 Å². The molecular weight excluding hydrogens is 452 g/mol. The summed E-state index contributed by atoms with van der Waals surface area (Å²) >= 11 is 0. The van der Waals surface area contributed by atoms with Crippen molar-refractivity contribution < 1.29 is 53.2 Å². The van der Waals surface area contributed by atoms with Crippen molar-refractivity contribution in [2.45, 2.75) is 77.0 Å². The summed E-state index contributed by atoms with van der Waals surface area (Å²) in [4.78, 5) is 51.9. The van der Waals surface area contributed by atoms with Gasteiger partial charge in [-0.25, -0.2) is 4.79 Å². The average Bonchev–Trinajstić information content (AvgIpc) is 3.32. The van der Waals surface area contributed by atoms with Crippen LogP contribution < -0.4 is 0 Å². The number of unbranched alkanes of at least 4 members (excludes halogenated alkanes) is 5. The fourth-order valence-corrected chi connectivity index (χ4v) is 2.58. The maximum atomic E-state index is 10.8. The van der Waals surface area contributed by atoms with Crippen LogP contribution in [0, 0.1) is 0 Å². The number of ether oxygens (including phenoxy) is 2. The van der Waals surface area contributed by atoms with E-state index in [4.69, 9.17) is 24.8 Å². The average molecular weight is 487 g/mol. The molecule has 1 saturated heterocycles. The van der Waals surface area contributed by atoms with E-state index in [0.29, 0.717) is 13.2 Å². The topological polar surface area (TPSA) is 178 Å². The zero-order valence-electron chi connectivity index (χ0n) is 19.2. The van der Waals surface area contributed by atoms with Crippen LogP contribution >= 0.6 is 0 Å². The minimum absolute atomic E-state index is 0.0231. The molecule has 11 nitrogen and oxygen atoms in total. The quantitative estimate of drug-likeness (QED) is 0.322. The molecule has 0 amide bonds. The Balaban J connectivity index is 0.000000496. The molecule has 11 heteroatoms. The Hall–Kier alpha value is -3.37. The fraction of sp³-hybridized carbons (Fsp3) is 0.609. The SMILES string of the molecule is O=C(O)CCCCCCCCC(=O)O.O=C(O)c1ccco1.O=C1CCC(=O)OCCCCO1. The minimum atomic E-state index is -1.03. The molecule has 0 radical (unpaired) electrons. The highest BCUT2D eigenvalue weighted by atomic mass is 16.5. The highest BCUT2D eigenvalue weighted by molar-refractivity contribution is 5.84. The first-order valence-electron chi connectivity index (χ1n) is 11.2. The molecule has 0 aromatic carbocycles. The van der Waals surface area contributed by atoms with Gasteiger partial charge in [0.05, 0.1) is 32.3 Å². The zero-order chi connectivity index (χ0) is 25.6. The first kappa shape index (κ1) is 30.6. The molecule has 0 atom stereocenters. The third-order valence-corrected chi connectivity index (χ3v) is 4.36. The molecule has 1 fully saturated rings. The second-order valence-electron chi connectivity index (χ2n) is 7.34. The van der Waals surface area contributed by atoms with E-state index >= 15 is 0 Å². The standard InChI is InChI=1S/C10H18O4.C8H12O4.C5H4O3/c11-9(12)7-5-3-1-2-4-6-8-10(13)14;9-7-3-4-8(10)12-6-2-1-5-11-7;6-5(7)4-2-1-3-8-4/h1-8H2,(H,11,12)(H,13,14);1-6H2;1-3H,(H,6,7). The number of aliphatic carboxylic acids is 2. The Bertz CT molecular complexity index is 685. The summed E-state index contributed by atoms with van der Waals surface area (Å²) < 4.78 is 14.1. The van der Waals surface area contributed by atoms with Crippen LogP contribution in [0.25, 0.3) is 0 Å². The fourth-order valence-electron chi connectivity index (χ4n) is 2.58. The molecule has 2 heterocycles. The van der Waals surface area contributed by atoms with Gasteiger partial charge >= 0.3 is 29.8 Å². The number of aromatic carboxylic acids is 1. The van der Waals surface area contributed by atoms with Crippen molar-refractivity contribution in [2.75, 3.05) is 13.2 Å². The molecule has 0 saturated carbocycles. The Morgan fingerprint density at radius 2 is 1.18 bits per heavy atom. The number of hydrogen-bond acceptors (Lipinski definition) is 8. The van der Waals surface area contributed by atoms with Crippen molar-refractivity contribution in [1.29, 1.82) is 0 Å². The van der Waals surface area contributed by atoms with Crippen LogP contribution in [-0.2, 0) is 28.7 Å². The van der Waals surface area contributed by atoms with Gasteiger partial charge < -0.3 is 29.2 Å². The number of rotatable bonds is 10. The predicted octanol–water partition coefficient (Wildman–Crippen LogP) is 3.90. The summed E-state index contributed by atoms with van der Waals surface area (Å²) in [5.74, 6) is -3.16. The van der Waals surface area contributed by atoms with Crippen LogP contribution in [0.15, 0.2) is 22.8 Å². The third kappa shape index (κ3) is 20.5. The van der Waals surface area contributed by atoms with Crippen molar-refractivity contribution in [3.05, 3.63) is 24.2 Å². The van der Waals surface area contributed by atoms with E-state index in [1.54, 1.807) is 0 Å². The maximum absolute atomic E-state index is 10.8. The molecule has 2 rings (SSSR count). The molecule has 0 unspecified atom stereocenters. The number of carbonyl (C=O) groups is 5. The molecule has 34 heavy (non-hydrogen) atoms. The summed E-state index contributed by atoms with van der Waals surface area (Å²) in [5.41, 5.74) is 0. The Morgan fingerprint density at radius 1 is 0.735 bits per heavy atom.